The molecule has 1 N–H and O–H groups in total. The smallest absolute Gasteiger partial charge is 0.292 e. The van der Waals surface area contributed by atoms with Gasteiger partial charge in [-0.05, 0) is 24.8 Å². The first-order valence-corrected chi connectivity index (χ1v) is 10.6. The predicted molar refractivity (Wildman–Crippen MR) is 104 cm³/mol. The number of aromatic nitrogens is 2. The molecule has 8 heteroatoms. The molecule has 144 valence electrons. The van der Waals surface area contributed by atoms with E-state index < -0.39 is 18.8 Å². The Kier molecular flexibility index (Phi) is 7.68. The van der Waals surface area contributed by atoms with Gasteiger partial charge >= 0.3 is 0 Å². The van der Waals surface area contributed by atoms with Gasteiger partial charge in [-0.2, -0.15) is 0 Å². The second kappa shape index (κ2) is 9.77. The monoisotopic (exact) mass is 564 g/mol. The molecule has 0 spiro atoms. The summed E-state index contributed by atoms with van der Waals surface area (Å²) in [6.45, 7) is 3.76. The molecule has 0 saturated carbocycles. The molecule has 1 amide bonds. The van der Waals surface area contributed by atoms with Gasteiger partial charge in [-0.15, -0.1) is 0 Å². The maximum atomic E-state index is 12.7. The van der Waals surface area contributed by atoms with Gasteiger partial charge in [0.2, 0.25) is 5.78 Å². The van der Waals surface area contributed by atoms with Crippen LogP contribution in [-0.2, 0) is 36.6 Å². The summed E-state index contributed by atoms with van der Waals surface area (Å²) >= 11 is 0. The second-order valence-electron chi connectivity index (χ2n) is 6.21. The molecule has 3 rings (SSSR count). The van der Waals surface area contributed by atoms with Gasteiger partial charge in [0.1, 0.15) is 0 Å². The van der Waals surface area contributed by atoms with Crippen LogP contribution in [0.5, 0.6) is 0 Å². The molecule has 6 nitrogen and oxygen atoms in total. The number of rotatable bonds is 7. The summed E-state index contributed by atoms with van der Waals surface area (Å²) < 4.78 is 14.6. The van der Waals surface area contributed by atoms with Crippen molar-refractivity contribution in [2.24, 2.45) is 0 Å². The average molecular weight is 564 g/mol. The predicted octanol–water partition coefficient (Wildman–Crippen LogP) is 3.48. The number of amides is 1. The van der Waals surface area contributed by atoms with Crippen molar-refractivity contribution in [3.63, 3.8) is 0 Å². The molecule has 3 aromatic rings. The minimum Gasteiger partial charge on any atom is -0.355 e. The van der Waals surface area contributed by atoms with Crippen LogP contribution in [0.1, 0.15) is 15.9 Å². The summed E-state index contributed by atoms with van der Waals surface area (Å²) in [6, 6.07) is 15.8. The summed E-state index contributed by atoms with van der Waals surface area (Å²) in [7, 11) is -2.93. The van der Waals surface area contributed by atoms with Gasteiger partial charge in [0, 0.05) is 57.2 Å². The van der Waals surface area contributed by atoms with Gasteiger partial charge in [0.15, 0.2) is 0 Å². The Bertz CT molecular complexity index is 974. The molecule has 0 aliphatic rings. The number of benzene rings is 2. The van der Waals surface area contributed by atoms with E-state index in [1.807, 2.05) is 35.0 Å². The van der Waals surface area contributed by atoms with Gasteiger partial charge < -0.3 is 14.4 Å². The van der Waals surface area contributed by atoms with Crippen LogP contribution < -0.4 is 5.32 Å². The standard InChI is InChI=1S/C20H19N3O3P.W/c1-27(26,15-22-20(25)19(24)17-5-3-2-4-6-17)13-16-7-9-18(10-8-16)23-12-11-21-14-23;/h2-12,14H,1,13,15H2,(H,22,25);/q-1;. The zero-order chi connectivity index (χ0) is 19.3. The molecule has 2 aromatic carbocycles. The molecule has 0 radical (unpaired) electrons. The molecule has 1 atom stereocenters. The van der Waals surface area contributed by atoms with Gasteiger partial charge in [0.25, 0.3) is 5.91 Å². The normalized spacial score (nSPS) is 12.5. The zero-order valence-electron chi connectivity index (χ0n) is 15.0. The quantitative estimate of drug-likeness (QED) is 0.206. The van der Waals surface area contributed by atoms with E-state index in [-0.39, 0.29) is 33.5 Å². The van der Waals surface area contributed by atoms with Crippen molar-refractivity contribution in [1.29, 1.82) is 0 Å². The third-order valence-electron chi connectivity index (χ3n) is 3.98. The van der Waals surface area contributed by atoms with Crippen molar-refractivity contribution in [2.45, 2.75) is 6.16 Å². The fourth-order valence-corrected chi connectivity index (χ4v) is 4.01. The maximum absolute atomic E-state index is 12.7. The minimum atomic E-state index is -2.93. The molecular weight excluding hydrogens is 545 g/mol. The fraction of sp³-hybridized carbons (Fsp3) is 0.100. The molecule has 0 fully saturated rings. The van der Waals surface area contributed by atoms with Gasteiger partial charge in [-0.25, -0.2) is 4.98 Å². The summed E-state index contributed by atoms with van der Waals surface area (Å²) in [4.78, 5) is 28.0. The second-order valence-corrected chi connectivity index (χ2v) is 8.96. The molecule has 28 heavy (non-hydrogen) atoms. The van der Waals surface area contributed by atoms with E-state index in [2.05, 4.69) is 17.0 Å². The number of nitrogens with zero attached hydrogens (tertiary/aromatic N) is 2. The molecule has 1 aromatic heterocycles. The van der Waals surface area contributed by atoms with Crippen molar-refractivity contribution in [3.8, 4) is 5.69 Å². The van der Waals surface area contributed by atoms with Gasteiger partial charge in [0.05, 0.1) is 6.33 Å². The van der Waals surface area contributed by atoms with Crippen molar-refractivity contribution < 1.29 is 35.2 Å². The first-order valence-electron chi connectivity index (χ1n) is 8.32. The molecule has 0 bridgehead atoms. The number of carbonyl (C=O) groups is 2. The van der Waals surface area contributed by atoms with E-state index in [4.69, 9.17) is 0 Å². The topological polar surface area (TPSA) is 81.1 Å². The Balaban J connectivity index is 0.00000280. The van der Waals surface area contributed by atoms with Crippen molar-refractivity contribution in [1.82, 2.24) is 14.9 Å². The van der Waals surface area contributed by atoms with E-state index in [9.17, 15) is 14.2 Å². The van der Waals surface area contributed by atoms with Crippen LogP contribution in [0.4, 0.5) is 0 Å². The van der Waals surface area contributed by atoms with Crippen molar-refractivity contribution in [3.05, 3.63) is 91.1 Å². The Morgan fingerprint density at radius 3 is 2.36 bits per heavy atom. The van der Waals surface area contributed by atoms with Crippen LogP contribution in [0, 0.1) is 6.66 Å². The zero-order valence-corrected chi connectivity index (χ0v) is 18.9. The number of Topliss-reactive ketones (excluding diaryl/α,β-unsaturated/α-hetero) is 1. The Morgan fingerprint density at radius 1 is 1.07 bits per heavy atom. The van der Waals surface area contributed by atoms with Crippen molar-refractivity contribution in [2.75, 3.05) is 6.29 Å². The molecule has 1 heterocycles. The third-order valence-corrected chi connectivity index (χ3v) is 5.66. The number of imidazole rings is 1. The fourth-order valence-electron chi connectivity index (χ4n) is 2.59. The summed E-state index contributed by atoms with van der Waals surface area (Å²) in [5.41, 5.74) is 2.08. The van der Waals surface area contributed by atoms with E-state index >= 15 is 0 Å². The first kappa shape index (κ1) is 22.0. The van der Waals surface area contributed by atoms with Crippen LogP contribution in [0.3, 0.4) is 0 Å². The first-order chi connectivity index (χ1) is 12.9. The number of ketones is 1. The van der Waals surface area contributed by atoms with Crippen LogP contribution in [0.15, 0.2) is 73.3 Å². The molecule has 1 unspecified atom stereocenters. The van der Waals surface area contributed by atoms with Gasteiger partial charge in [-0.3, -0.25) is 16.3 Å². The van der Waals surface area contributed by atoms with E-state index in [1.165, 1.54) is 0 Å². The number of hydrogen-bond acceptors (Lipinski definition) is 4. The summed E-state index contributed by atoms with van der Waals surface area (Å²) in [6.07, 6.45) is 5.32. The number of nitrogens with one attached hydrogen (secondary N) is 1. The Labute approximate surface area is 178 Å². The van der Waals surface area contributed by atoms with Crippen LogP contribution in [0.25, 0.3) is 5.69 Å². The Hall–Kier alpha value is -2.29. The largest absolute Gasteiger partial charge is 0.355 e. The maximum Gasteiger partial charge on any atom is 0.292 e. The molecule has 0 aliphatic heterocycles. The van der Waals surface area contributed by atoms with E-state index in [0.717, 1.165) is 11.3 Å². The average Bonchev–Trinajstić information content (AvgIpc) is 3.21. The van der Waals surface area contributed by atoms with Crippen molar-refractivity contribution >= 4 is 18.8 Å². The van der Waals surface area contributed by atoms with Crippen LogP contribution >= 0.6 is 7.14 Å². The minimum absolute atomic E-state index is 0. The third kappa shape index (κ3) is 5.85. The van der Waals surface area contributed by atoms with Gasteiger partial charge in [-0.1, -0.05) is 42.5 Å². The van der Waals surface area contributed by atoms with Crippen LogP contribution in [-0.4, -0.2) is 27.5 Å². The van der Waals surface area contributed by atoms with Crippen LogP contribution in [0.2, 0.25) is 0 Å². The summed E-state index contributed by atoms with van der Waals surface area (Å²) in [5, 5.41) is 2.45. The van der Waals surface area contributed by atoms with E-state index in [0.29, 0.717) is 5.56 Å². The van der Waals surface area contributed by atoms with E-state index in [1.54, 1.807) is 42.9 Å². The summed E-state index contributed by atoms with van der Waals surface area (Å²) in [5.74, 6) is -1.43. The number of carbonyl (C=O) groups excluding carboxylic acids is 2. The molecule has 0 saturated heterocycles. The number of hydrogen-bond donors (Lipinski definition) is 1. The Morgan fingerprint density at radius 2 is 1.75 bits per heavy atom. The molecular formula is C20H19N3O3PW-. The SMILES string of the molecule is [CH2-]P(=O)(CNC(=O)C(=O)c1ccccc1)Cc1ccc(-n2ccnc2)cc1.[W]. The molecule has 0 aliphatic carbocycles.